The second-order valence-electron chi connectivity index (χ2n) is 1.84. The Morgan fingerprint density at radius 3 is 2.33 bits per heavy atom. The third kappa shape index (κ3) is 2.68. The summed E-state index contributed by atoms with van der Waals surface area (Å²) in [6, 6.07) is 0. The Labute approximate surface area is 60.6 Å². The Balaban J connectivity index is 4.06. The van der Waals surface area contributed by atoms with Crippen molar-refractivity contribution in [1.82, 2.24) is 0 Å². The van der Waals surface area contributed by atoms with Crippen molar-refractivity contribution in [2.75, 3.05) is 0 Å². The highest BCUT2D eigenvalue weighted by molar-refractivity contribution is 6.31. The lowest BCUT2D eigenvalue weighted by Gasteiger charge is -2.05. The number of allylic oxidation sites excluding steroid dienone is 1. The third-order valence-corrected chi connectivity index (χ3v) is 1.53. The van der Waals surface area contributed by atoms with Crippen molar-refractivity contribution in [3.8, 4) is 0 Å². The van der Waals surface area contributed by atoms with Crippen LogP contribution in [0.3, 0.4) is 0 Å². The molecule has 0 amide bonds. The molecule has 9 heavy (non-hydrogen) atoms. The molecule has 0 bridgehead atoms. The van der Waals surface area contributed by atoms with Crippen LogP contribution in [-0.2, 0) is 0 Å². The molecule has 0 aromatic heterocycles. The molecule has 0 aliphatic rings. The fraction of sp³-hybridized carbons (Fsp3) is 0.429. The molecule has 2 heteroatoms. The predicted molar refractivity (Wildman–Crippen MR) is 40.4 cm³/mol. The summed E-state index contributed by atoms with van der Waals surface area (Å²) in [5.41, 5.74) is 0.569. The monoisotopic (exact) mass is 146 g/mol. The SMILES string of the molecule is C=C(/C(Cl)=C\C)C(C)O. The van der Waals surface area contributed by atoms with Crippen LogP contribution >= 0.6 is 11.6 Å². The fourth-order valence-electron chi connectivity index (χ4n) is 0.385. The average Bonchev–Trinajstić information content (AvgIpc) is 1.84. The number of hydrogen-bond donors (Lipinski definition) is 1. The Morgan fingerprint density at radius 2 is 2.22 bits per heavy atom. The van der Waals surface area contributed by atoms with Crippen molar-refractivity contribution in [3.05, 3.63) is 23.3 Å². The van der Waals surface area contributed by atoms with Crippen LogP contribution in [0.25, 0.3) is 0 Å². The smallest absolute Gasteiger partial charge is 0.0770 e. The maximum atomic E-state index is 8.90. The van der Waals surface area contributed by atoms with Gasteiger partial charge in [-0.25, -0.2) is 0 Å². The standard InChI is InChI=1S/C7H11ClO/c1-4-7(8)5(2)6(3)9/h4,6,9H,2H2,1,3H3/b7-4+. The third-order valence-electron chi connectivity index (χ3n) is 1.06. The van der Waals surface area contributed by atoms with Crippen LogP contribution in [0.2, 0.25) is 0 Å². The van der Waals surface area contributed by atoms with Crippen LogP contribution in [0.15, 0.2) is 23.3 Å². The van der Waals surface area contributed by atoms with Gasteiger partial charge in [-0.05, 0) is 19.4 Å². The van der Waals surface area contributed by atoms with Crippen LogP contribution in [0, 0.1) is 0 Å². The van der Waals surface area contributed by atoms with Gasteiger partial charge in [0.1, 0.15) is 0 Å². The summed E-state index contributed by atoms with van der Waals surface area (Å²) in [7, 11) is 0. The van der Waals surface area contributed by atoms with E-state index in [1.807, 2.05) is 0 Å². The van der Waals surface area contributed by atoms with Gasteiger partial charge in [-0.15, -0.1) is 0 Å². The topological polar surface area (TPSA) is 20.2 Å². The zero-order chi connectivity index (χ0) is 7.44. The first-order valence-electron chi connectivity index (χ1n) is 2.78. The molecule has 1 nitrogen and oxygen atoms in total. The van der Waals surface area contributed by atoms with E-state index in [9.17, 15) is 0 Å². The molecule has 1 unspecified atom stereocenters. The molecular formula is C7H11ClO. The van der Waals surface area contributed by atoms with Crippen molar-refractivity contribution in [2.45, 2.75) is 20.0 Å². The van der Waals surface area contributed by atoms with Gasteiger partial charge in [0, 0.05) is 5.03 Å². The van der Waals surface area contributed by atoms with Gasteiger partial charge in [-0.3, -0.25) is 0 Å². The van der Waals surface area contributed by atoms with Crippen molar-refractivity contribution >= 4 is 11.6 Å². The minimum Gasteiger partial charge on any atom is -0.389 e. The Hall–Kier alpha value is -0.270. The number of aliphatic hydroxyl groups excluding tert-OH is 1. The molecule has 1 atom stereocenters. The van der Waals surface area contributed by atoms with E-state index in [0.29, 0.717) is 10.6 Å². The second-order valence-corrected chi connectivity index (χ2v) is 2.25. The van der Waals surface area contributed by atoms with E-state index in [-0.39, 0.29) is 0 Å². The van der Waals surface area contributed by atoms with Gasteiger partial charge < -0.3 is 5.11 Å². The average molecular weight is 147 g/mol. The molecule has 1 N–H and O–H groups in total. The van der Waals surface area contributed by atoms with Gasteiger partial charge in [-0.2, -0.15) is 0 Å². The quantitative estimate of drug-likeness (QED) is 0.592. The molecule has 0 spiro atoms. The lowest BCUT2D eigenvalue weighted by atomic mass is 10.2. The minimum atomic E-state index is -0.548. The van der Waals surface area contributed by atoms with Crippen LogP contribution < -0.4 is 0 Å². The lowest BCUT2D eigenvalue weighted by molar-refractivity contribution is 0.235. The molecule has 0 heterocycles. The van der Waals surface area contributed by atoms with Gasteiger partial charge in [-0.1, -0.05) is 24.3 Å². The van der Waals surface area contributed by atoms with Gasteiger partial charge in [0.05, 0.1) is 6.10 Å². The number of halogens is 1. The van der Waals surface area contributed by atoms with Crippen LogP contribution in [0.5, 0.6) is 0 Å². The summed E-state index contributed by atoms with van der Waals surface area (Å²) in [6.45, 7) is 7.01. The highest BCUT2D eigenvalue weighted by Gasteiger charge is 2.03. The fourth-order valence-corrected chi connectivity index (χ4v) is 0.543. The van der Waals surface area contributed by atoms with Crippen molar-refractivity contribution in [3.63, 3.8) is 0 Å². The molecule has 0 rings (SSSR count). The largest absolute Gasteiger partial charge is 0.389 e. The predicted octanol–water partition coefficient (Wildman–Crippen LogP) is 2.07. The summed E-state index contributed by atoms with van der Waals surface area (Å²) in [4.78, 5) is 0. The second kappa shape index (κ2) is 3.70. The van der Waals surface area contributed by atoms with E-state index < -0.39 is 6.10 Å². The molecule has 0 fully saturated rings. The normalized spacial score (nSPS) is 15.3. The molecule has 0 saturated carbocycles. The van der Waals surface area contributed by atoms with Crippen LogP contribution in [-0.4, -0.2) is 11.2 Å². The van der Waals surface area contributed by atoms with E-state index in [0.717, 1.165) is 0 Å². The maximum Gasteiger partial charge on any atom is 0.0770 e. The Bertz CT molecular complexity index is 136. The molecule has 0 aliphatic carbocycles. The van der Waals surface area contributed by atoms with E-state index in [4.69, 9.17) is 16.7 Å². The summed E-state index contributed by atoms with van der Waals surface area (Å²) in [5.74, 6) is 0. The van der Waals surface area contributed by atoms with E-state index in [2.05, 4.69) is 6.58 Å². The molecule has 0 saturated heterocycles. The van der Waals surface area contributed by atoms with Gasteiger partial charge >= 0.3 is 0 Å². The van der Waals surface area contributed by atoms with Crippen molar-refractivity contribution in [2.24, 2.45) is 0 Å². The van der Waals surface area contributed by atoms with Crippen LogP contribution in [0.4, 0.5) is 0 Å². The van der Waals surface area contributed by atoms with Gasteiger partial charge in [0.25, 0.3) is 0 Å². The highest BCUT2D eigenvalue weighted by atomic mass is 35.5. The number of aliphatic hydroxyl groups is 1. The van der Waals surface area contributed by atoms with Gasteiger partial charge in [0.15, 0.2) is 0 Å². The van der Waals surface area contributed by atoms with E-state index in [1.165, 1.54) is 0 Å². The van der Waals surface area contributed by atoms with E-state index >= 15 is 0 Å². The summed E-state index contributed by atoms with van der Waals surface area (Å²) >= 11 is 5.61. The highest BCUT2D eigenvalue weighted by Crippen LogP contribution is 2.15. The Morgan fingerprint density at radius 1 is 1.78 bits per heavy atom. The first kappa shape index (κ1) is 8.73. The first-order chi connectivity index (χ1) is 4.09. The van der Waals surface area contributed by atoms with E-state index in [1.54, 1.807) is 19.9 Å². The summed E-state index contributed by atoms with van der Waals surface area (Å²) in [6.07, 6.45) is 1.16. The molecule has 0 aliphatic heterocycles. The molecule has 0 aromatic rings. The summed E-state index contributed by atoms with van der Waals surface area (Å²) < 4.78 is 0. The Kier molecular flexibility index (Phi) is 3.59. The lowest BCUT2D eigenvalue weighted by Crippen LogP contribution is -2.02. The first-order valence-corrected chi connectivity index (χ1v) is 3.16. The maximum absolute atomic E-state index is 8.90. The zero-order valence-electron chi connectivity index (χ0n) is 5.69. The minimum absolute atomic E-state index is 0.532. The number of hydrogen-bond acceptors (Lipinski definition) is 1. The molecule has 0 aromatic carbocycles. The molecular weight excluding hydrogens is 136 g/mol. The van der Waals surface area contributed by atoms with Crippen molar-refractivity contribution < 1.29 is 5.11 Å². The molecule has 0 radical (unpaired) electrons. The zero-order valence-corrected chi connectivity index (χ0v) is 6.44. The van der Waals surface area contributed by atoms with Crippen LogP contribution in [0.1, 0.15) is 13.8 Å². The van der Waals surface area contributed by atoms with Crippen molar-refractivity contribution in [1.29, 1.82) is 0 Å². The number of rotatable bonds is 2. The molecule has 52 valence electrons. The van der Waals surface area contributed by atoms with Gasteiger partial charge in [0.2, 0.25) is 0 Å². The summed E-state index contributed by atoms with van der Waals surface area (Å²) in [5, 5.41) is 9.43.